The van der Waals surface area contributed by atoms with Gasteiger partial charge in [-0.05, 0) is 62.5 Å². The second-order valence-corrected chi connectivity index (χ2v) is 11.0. The van der Waals surface area contributed by atoms with Gasteiger partial charge in [-0.1, -0.05) is 57.2 Å². The Morgan fingerprint density at radius 3 is 2.33 bits per heavy atom. The molecule has 1 saturated heterocycles. The Bertz CT molecular complexity index is 1100. The maximum atomic E-state index is 12.9. The van der Waals surface area contributed by atoms with E-state index in [-0.39, 0.29) is 36.9 Å². The van der Waals surface area contributed by atoms with Crippen LogP contribution in [0.1, 0.15) is 38.8 Å². The molecule has 1 aliphatic rings. The van der Waals surface area contributed by atoms with Gasteiger partial charge in [0.25, 0.3) is 0 Å². The number of nitrogens with two attached hydrogens (primary N) is 1. The molecule has 5 atom stereocenters. The second-order valence-electron chi connectivity index (χ2n) is 11.0. The lowest BCUT2D eigenvalue weighted by Crippen LogP contribution is -2.49. The Labute approximate surface area is 238 Å². The summed E-state index contributed by atoms with van der Waals surface area (Å²) in [5.41, 5.74) is 8.61. The highest BCUT2D eigenvalue weighted by Crippen LogP contribution is 2.37. The molecule has 0 saturated carbocycles. The van der Waals surface area contributed by atoms with Gasteiger partial charge in [0.05, 0.1) is 12.3 Å². The summed E-state index contributed by atoms with van der Waals surface area (Å²) in [5, 5.41) is 0. The van der Waals surface area contributed by atoms with Gasteiger partial charge >= 0.3 is 6.09 Å². The van der Waals surface area contributed by atoms with Gasteiger partial charge in [-0.3, -0.25) is 9.69 Å². The van der Waals surface area contributed by atoms with Gasteiger partial charge < -0.3 is 29.6 Å². The van der Waals surface area contributed by atoms with Gasteiger partial charge in [0.2, 0.25) is 6.29 Å². The van der Waals surface area contributed by atoms with Crippen LogP contribution in [0.3, 0.4) is 0 Å². The fourth-order valence-corrected chi connectivity index (χ4v) is 4.69. The van der Waals surface area contributed by atoms with Crippen LogP contribution in [0.2, 0.25) is 0 Å². The Kier molecular flexibility index (Phi) is 11.8. The van der Waals surface area contributed by atoms with Crippen molar-refractivity contribution in [2.45, 2.75) is 53.1 Å². The molecule has 0 aliphatic carbocycles. The topological polar surface area (TPSA) is 104 Å². The second kappa shape index (κ2) is 15.0. The Hall–Kier alpha value is -3.14. The molecule has 0 aromatic heterocycles. The summed E-state index contributed by atoms with van der Waals surface area (Å²) >= 11 is 0. The van der Waals surface area contributed by atoms with Crippen LogP contribution in [-0.2, 0) is 32.0 Å². The molecule has 1 aliphatic heterocycles. The van der Waals surface area contributed by atoms with Crippen molar-refractivity contribution in [1.82, 2.24) is 9.80 Å². The minimum absolute atomic E-state index is 0.00814. The lowest BCUT2D eigenvalue weighted by atomic mass is 9.78. The fraction of sp³-hybridized carbons (Fsp3) is 0.548. The summed E-state index contributed by atoms with van der Waals surface area (Å²) in [6.07, 6.45) is -0.779. The van der Waals surface area contributed by atoms with Crippen LogP contribution < -0.4 is 10.5 Å². The lowest BCUT2D eigenvalue weighted by Gasteiger charge is -2.42. The number of ketones is 1. The summed E-state index contributed by atoms with van der Waals surface area (Å²) in [7, 11) is 3.90. The van der Waals surface area contributed by atoms with Crippen molar-refractivity contribution in [3.8, 4) is 5.75 Å². The number of likely N-dealkylation sites (N-methyl/N-ethyl adjacent to an activating group) is 1. The van der Waals surface area contributed by atoms with Crippen molar-refractivity contribution in [2.75, 3.05) is 46.3 Å². The molecule has 3 rings (SSSR count). The van der Waals surface area contributed by atoms with Gasteiger partial charge in [-0.15, -0.1) is 0 Å². The molecular weight excluding hydrogens is 510 g/mol. The van der Waals surface area contributed by atoms with Crippen molar-refractivity contribution >= 4 is 17.6 Å². The van der Waals surface area contributed by atoms with Crippen molar-refractivity contribution in [3.05, 3.63) is 59.7 Å². The van der Waals surface area contributed by atoms with Gasteiger partial charge in [0, 0.05) is 19.0 Å². The molecule has 1 amide bonds. The van der Waals surface area contributed by atoms with Crippen LogP contribution in [0.25, 0.3) is 0 Å². The first kappa shape index (κ1) is 31.4. The minimum atomic E-state index is -0.585. The van der Waals surface area contributed by atoms with Crippen LogP contribution in [0.15, 0.2) is 48.5 Å². The number of carbonyl (C=O) groups excluding carboxylic acids is 2. The molecule has 9 nitrogen and oxygen atoms in total. The number of hydrogen-bond acceptors (Lipinski definition) is 8. The standard InChI is InChI=1S/C31H45N3O6/c1-21-22(2)29(24(4)35)40-30(23(21)3)39-28-13-12-26(18-27(28)32)19-38-31(36)34(16-15-33(5)6)20-37-17-14-25-10-8-7-9-11-25/h7-13,18,21-23,29-30H,14-17,19-20,32H2,1-6H3/t21-,22?,23-,29?,30?/m0/s1. The number of ether oxygens (including phenoxy) is 4. The smallest absolute Gasteiger partial charge is 0.411 e. The molecule has 0 radical (unpaired) electrons. The molecule has 40 heavy (non-hydrogen) atoms. The zero-order valence-corrected chi connectivity index (χ0v) is 24.7. The van der Waals surface area contributed by atoms with Crippen LogP contribution >= 0.6 is 0 Å². The zero-order valence-electron chi connectivity index (χ0n) is 24.7. The Morgan fingerprint density at radius 1 is 0.950 bits per heavy atom. The highest BCUT2D eigenvalue weighted by atomic mass is 16.7. The van der Waals surface area contributed by atoms with Crippen molar-refractivity contribution < 1.29 is 28.5 Å². The lowest BCUT2D eigenvalue weighted by molar-refractivity contribution is -0.209. The van der Waals surface area contributed by atoms with E-state index in [1.54, 1.807) is 24.0 Å². The number of nitrogen functional groups attached to an aromatic ring is 1. The van der Waals surface area contributed by atoms with E-state index in [0.717, 1.165) is 12.0 Å². The summed E-state index contributed by atoms with van der Waals surface area (Å²) in [4.78, 5) is 28.5. The summed E-state index contributed by atoms with van der Waals surface area (Å²) < 4.78 is 23.5. The minimum Gasteiger partial charge on any atom is -0.462 e. The largest absolute Gasteiger partial charge is 0.462 e. The van der Waals surface area contributed by atoms with Crippen LogP contribution in [0, 0.1) is 17.8 Å². The highest BCUT2D eigenvalue weighted by Gasteiger charge is 2.42. The fourth-order valence-electron chi connectivity index (χ4n) is 4.69. The predicted molar refractivity (Wildman–Crippen MR) is 155 cm³/mol. The number of benzene rings is 2. The first-order valence-electron chi connectivity index (χ1n) is 14.0. The number of Topliss-reactive ketones (excluding diaryl/α,β-unsaturated/α-hetero) is 1. The number of hydrogen-bond donors (Lipinski definition) is 1. The van der Waals surface area contributed by atoms with Crippen LogP contribution in [-0.4, -0.2) is 74.6 Å². The molecular formula is C31H45N3O6. The molecule has 2 aromatic rings. The summed E-state index contributed by atoms with van der Waals surface area (Å²) in [6.45, 7) is 9.61. The Balaban J connectivity index is 1.54. The van der Waals surface area contributed by atoms with E-state index in [9.17, 15) is 9.59 Å². The van der Waals surface area contributed by atoms with E-state index in [2.05, 4.69) is 26.0 Å². The molecule has 9 heteroatoms. The first-order chi connectivity index (χ1) is 19.1. The number of anilines is 1. The van der Waals surface area contributed by atoms with Gasteiger partial charge in [0.15, 0.2) is 5.78 Å². The molecule has 1 heterocycles. The average molecular weight is 556 g/mol. The maximum absolute atomic E-state index is 12.9. The quantitative estimate of drug-likeness (QED) is 0.218. The van der Waals surface area contributed by atoms with E-state index in [4.69, 9.17) is 24.7 Å². The van der Waals surface area contributed by atoms with E-state index in [1.165, 1.54) is 5.56 Å². The van der Waals surface area contributed by atoms with Crippen molar-refractivity contribution in [1.29, 1.82) is 0 Å². The van der Waals surface area contributed by atoms with E-state index in [1.807, 2.05) is 50.2 Å². The van der Waals surface area contributed by atoms with E-state index in [0.29, 0.717) is 31.1 Å². The Morgan fingerprint density at radius 2 is 1.68 bits per heavy atom. The van der Waals surface area contributed by atoms with Crippen LogP contribution in [0.4, 0.5) is 10.5 Å². The average Bonchev–Trinajstić information content (AvgIpc) is 2.92. The number of amides is 1. The van der Waals surface area contributed by atoms with Gasteiger partial charge in [-0.2, -0.15) is 0 Å². The molecule has 220 valence electrons. The monoisotopic (exact) mass is 555 g/mol. The number of rotatable bonds is 13. The zero-order chi connectivity index (χ0) is 29.2. The third-order valence-corrected chi connectivity index (χ3v) is 7.63. The molecule has 0 spiro atoms. The molecule has 2 N–H and O–H groups in total. The maximum Gasteiger partial charge on any atom is 0.411 e. The number of carbonyl (C=O) groups is 2. The van der Waals surface area contributed by atoms with Gasteiger partial charge in [0.1, 0.15) is 25.2 Å². The first-order valence-corrected chi connectivity index (χ1v) is 14.0. The van der Waals surface area contributed by atoms with Crippen molar-refractivity contribution in [3.63, 3.8) is 0 Å². The van der Waals surface area contributed by atoms with Crippen molar-refractivity contribution in [2.24, 2.45) is 17.8 Å². The van der Waals surface area contributed by atoms with Crippen LogP contribution in [0.5, 0.6) is 5.75 Å². The third-order valence-electron chi connectivity index (χ3n) is 7.63. The van der Waals surface area contributed by atoms with E-state index >= 15 is 0 Å². The molecule has 3 unspecified atom stereocenters. The molecule has 1 fully saturated rings. The number of nitrogens with zero attached hydrogens (tertiary/aromatic N) is 2. The third kappa shape index (κ3) is 8.94. The predicted octanol–water partition coefficient (Wildman–Crippen LogP) is 4.59. The van der Waals surface area contributed by atoms with E-state index < -0.39 is 18.5 Å². The van der Waals surface area contributed by atoms with Gasteiger partial charge in [-0.25, -0.2) is 4.79 Å². The molecule has 0 bridgehead atoms. The molecule has 2 aromatic carbocycles. The highest BCUT2D eigenvalue weighted by molar-refractivity contribution is 5.80. The SMILES string of the molecule is CC(=O)C1OC(Oc2ccc(COC(=O)N(CCN(C)C)COCCc3ccccc3)cc2N)[C@@H](C)[C@@H](C)C1C. The normalized spacial score (nSPS) is 22.6. The summed E-state index contributed by atoms with van der Waals surface area (Å²) in [6, 6.07) is 15.4. The summed E-state index contributed by atoms with van der Waals surface area (Å²) in [5.74, 6) is 0.883.